The van der Waals surface area contributed by atoms with Crippen LogP contribution in [0.15, 0.2) is 35.3 Å². The fraction of sp³-hybridized carbons (Fsp3) is 0.588. The molecular formula is C17H30IN3O. The Morgan fingerprint density at radius 1 is 1.27 bits per heavy atom. The average Bonchev–Trinajstić information content (AvgIpc) is 2.46. The van der Waals surface area contributed by atoms with Crippen molar-refractivity contribution in [3.8, 4) is 0 Å². The summed E-state index contributed by atoms with van der Waals surface area (Å²) in [4.78, 5) is 4.42. The summed E-state index contributed by atoms with van der Waals surface area (Å²) in [7, 11) is 1.67. The van der Waals surface area contributed by atoms with Crippen LogP contribution in [0, 0.1) is 5.41 Å². The molecular weight excluding hydrogens is 389 g/mol. The zero-order valence-corrected chi connectivity index (χ0v) is 16.3. The van der Waals surface area contributed by atoms with Crippen LogP contribution in [0.5, 0.6) is 0 Å². The van der Waals surface area contributed by atoms with Crippen molar-refractivity contribution in [3.63, 3.8) is 0 Å². The maximum Gasteiger partial charge on any atom is 0.188 e. The number of halogens is 1. The van der Waals surface area contributed by atoms with Gasteiger partial charge in [0.05, 0.1) is 6.61 Å². The van der Waals surface area contributed by atoms with Crippen molar-refractivity contribution < 1.29 is 4.74 Å². The Labute approximate surface area is 151 Å². The van der Waals surface area contributed by atoms with Crippen LogP contribution in [-0.2, 0) is 11.2 Å². The van der Waals surface area contributed by atoms with E-state index in [0.29, 0.717) is 19.1 Å². The number of hydrogen-bond acceptors (Lipinski definition) is 2. The first-order valence-corrected chi connectivity index (χ1v) is 7.60. The minimum Gasteiger partial charge on any atom is -0.383 e. The molecule has 0 fully saturated rings. The summed E-state index contributed by atoms with van der Waals surface area (Å²) in [5.41, 5.74) is 7.39. The number of nitrogens with two attached hydrogens (primary N) is 1. The van der Waals surface area contributed by atoms with Crippen LogP contribution < -0.4 is 11.1 Å². The number of methoxy groups -OCH3 is 1. The van der Waals surface area contributed by atoms with Crippen molar-refractivity contribution >= 4 is 29.9 Å². The van der Waals surface area contributed by atoms with Crippen LogP contribution in [0.4, 0.5) is 0 Å². The normalized spacial score (nSPS) is 11.9. The standard InChI is InChI=1S/C17H29N3O.HI/c1-17(2,14-20-16(18)19-12-13-21-3)11-7-10-15-8-5-4-6-9-15;/h4-6,8-9H,7,10-14H2,1-3H3,(H3,18,19,20);1H. The molecule has 0 spiro atoms. The molecule has 0 saturated carbocycles. The number of hydrogen-bond donors (Lipinski definition) is 2. The summed E-state index contributed by atoms with van der Waals surface area (Å²) >= 11 is 0. The van der Waals surface area contributed by atoms with Gasteiger partial charge in [-0.1, -0.05) is 44.2 Å². The van der Waals surface area contributed by atoms with Crippen molar-refractivity contribution in [2.24, 2.45) is 16.1 Å². The highest BCUT2D eigenvalue weighted by Gasteiger charge is 2.17. The lowest BCUT2D eigenvalue weighted by Gasteiger charge is -2.22. The zero-order valence-electron chi connectivity index (χ0n) is 14.0. The van der Waals surface area contributed by atoms with Crippen LogP contribution in [0.2, 0.25) is 0 Å². The van der Waals surface area contributed by atoms with E-state index >= 15 is 0 Å². The molecule has 0 aliphatic rings. The quantitative estimate of drug-likeness (QED) is 0.280. The van der Waals surface area contributed by atoms with Gasteiger partial charge in [0.15, 0.2) is 5.96 Å². The first-order chi connectivity index (χ1) is 10.0. The molecule has 0 unspecified atom stereocenters. The number of rotatable bonds is 9. The molecule has 0 amide bonds. The lowest BCUT2D eigenvalue weighted by atomic mass is 9.86. The fourth-order valence-corrected chi connectivity index (χ4v) is 2.13. The Bertz CT molecular complexity index is 421. The summed E-state index contributed by atoms with van der Waals surface area (Å²) in [6.07, 6.45) is 3.43. The first-order valence-electron chi connectivity index (χ1n) is 7.60. The van der Waals surface area contributed by atoms with Crippen LogP contribution in [0.3, 0.4) is 0 Å². The van der Waals surface area contributed by atoms with E-state index in [2.05, 4.69) is 54.5 Å². The summed E-state index contributed by atoms with van der Waals surface area (Å²) < 4.78 is 4.96. The van der Waals surface area contributed by atoms with Crippen LogP contribution in [0.25, 0.3) is 0 Å². The van der Waals surface area contributed by atoms with Crippen LogP contribution >= 0.6 is 24.0 Å². The van der Waals surface area contributed by atoms with Gasteiger partial charge in [-0.05, 0) is 30.2 Å². The number of aliphatic imine (C=N–C) groups is 1. The Morgan fingerprint density at radius 3 is 2.59 bits per heavy atom. The molecule has 0 radical (unpaired) electrons. The molecule has 126 valence electrons. The van der Waals surface area contributed by atoms with Crippen molar-refractivity contribution in [2.45, 2.75) is 33.1 Å². The van der Waals surface area contributed by atoms with E-state index in [0.717, 1.165) is 19.4 Å². The van der Waals surface area contributed by atoms with E-state index in [1.807, 2.05) is 0 Å². The lowest BCUT2D eigenvalue weighted by molar-refractivity contribution is 0.204. The molecule has 0 atom stereocenters. The molecule has 3 N–H and O–H groups in total. The number of guanidine groups is 1. The van der Waals surface area contributed by atoms with E-state index < -0.39 is 0 Å². The monoisotopic (exact) mass is 419 g/mol. The highest BCUT2D eigenvalue weighted by atomic mass is 127. The second-order valence-electron chi connectivity index (χ2n) is 6.12. The zero-order chi connectivity index (χ0) is 15.6. The summed E-state index contributed by atoms with van der Waals surface area (Å²) in [6.45, 7) is 6.55. The average molecular weight is 419 g/mol. The van der Waals surface area contributed by atoms with Crippen molar-refractivity contribution in [2.75, 3.05) is 26.8 Å². The summed E-state index contributed by atoms with van der Waals surface area (Å²) in [5.74, 6) is 0.503. The van der Waals surface area contributed by atoms with Gasteiger partial charge < -0.3 is 15.8 Å². The Balaban J connectivity index is 0.00000441. The van der Waals surface area contributed by atoms with E-state index in [1.54, 1.807) is 7.11 Å². The fourth-order valence-electron chi connectivity index (χ4n) is 2.13. The molecule has 0 aliphatic heterocycles. The second-order valence-corrected chi connectivity index (χ2v) is 6.12. The molecule has 0 aliphatic carbocycles. The van der Waals surface area contributed by atoms with Crippen molar-refractivity contribution in [3.05, 3.63) is 35.9 Å². The van der Waals surface area contributed by atoms with Gasteiger partial charge in [0, 0.05) is 20.2 Å². The van der Waals surface area contributed by atoms with Gasteiger partial charge in [-0.15, -0.1) is 24.0 Å². The van der Waals surface area contributed by atoms with Gasteiger partial charge in [-0.25, -0.2) is 0 Å². The molecule has 4 nitrogen and oxygen atoms in total. The Morgan fingerprint density at radius 2 is 1.95 bits per heavy atom. The third kappa shape index (κ3) is 10.00. The van der Waals surface area contributed by atoms with Crippen molar-refractivity contribution in [1.29, 1.82) is 0 Å². The molecule has 1 aromatic rings. The second kappa shape index (κ2) is 11.7. The number of aryl methyl sites for hydroxylation is 1. The van der Waals surface area contributed by atoms with Gasteiger partial charge in [-0.2, -0.15) is 0 Å². The Kier molecular flexibility index (Phi) is 11.3. The topological polar surface area (TPSA) is 59.6 Å². The molecule has 0 bridgehead atoms. The minimum atomic E-state index is 0. The Hall–Kier alpha value is -0.820. The summed E-state index contributed by atoms with van der Waals surface area (Å²) in [6, 6.07) is 10.6. The number of nitrogens with zero attached hydrogens (tertiary/aromatic N) is 1. The predicted molar refractivity (Wildman–Crippen MR) is 105 cm³/mol. The highest BCUT2D eigenvalue weighted by molar-refractivity contribution is 14.0. The number of ether oxygens (including phenoxy) is 1. The SMILES string of the molecule is COCCNC(N)=NCC(C)(C)CCCc1ccccc1.I. The van der Waals surface area contributed by atoms with E-state index in [9.17, 15) is 0 Å². The molecule has 1 rings (SSSR count). The van der Waals surface area contributed by atoms with E-state index in [-0.39, 0.29) is 29.4 Å². The summed E-state index contributed by atoms with van der Waals surface area (Å²) in [5, 5.41) is 3.04. The molecule has 0 heterocycles. The largest absolute Gasteiger partial charge is 0.383 e. The van der Waals surface area contributed by atoms with Crippen LogP contribution in [0.1, 0.15) is 32.3 Å². The molecule has 0 aromatic heterocycles. The molecule has 5 heteroatoms. The van der Waals surface area contributed by atoms with Gasteiger partial charge >= 0.3 is 0 Å². The number of benzene rings is 1. The minimum absolute atomic E-state index is 0. The predicted octanol–water partition coefficient (Wildman–Crippen LogP) is 3.20. The first kappa shape index (κ1) is 21.2. The van der Waals surface area contributed by atoms with Gasteiger partial charge in [-0.3, -0.25) is 4.99 Å². The smallest absolute Gasteiger partial charge is 0.188 e. The van der Waals surface area contributed by atoms with Gasteiger partial charge in [0.25, 0.3) is 0 Å². The maximum absolute atomic E-state index is 5.82. The maximum atomic E-state index is 5.82. The number of nitrogens with one attached hydrogen (secondary N) is 1. The molecule has 0 saturated heterocycles. The van der Waals surface area contributed by atoms with Crippen molar-refractivity contribution in [1.82, 2.24) is 5.32 Å². The van der Waals surface area contributed by atoms with Gasteiger partial charge in [0.2, 0.25) is 0 Å². The third-order valence-electron chi connectivity index (χ3n) is 3.45. The molecule has 22 heavy (non-hydrogen) atoms. The van der Waals surface area contributed by atoms with E-state index in [4.69, 9.17) is 10.5 Å². The van der Waals surface area contributed by atoms with Crippen LogP contribution in [-0.4, -0.2) is 32.8 Å². The van der Waals surface area contributed by atoms with E-state index in [1.165, 1.54) is 12.0 Å². The lowest BCUT2D eigenvalue weighted by Crippen LogP contribution is -2.35. The van der Waals surface area contributed by atoms with Gasteiger partial charge in [0.1, 0.15) is 0 Å². The highest BCUT2D eigenvalue weighted by Crippen LogP contribution is 2.23. The molecule has 1 aromatic carbocycles. The third-order valence-corrected chi connectivity index (χ3v) is 3.45.